The number of rotatable bonds is 25. The SMILES string of the molecule is [C-]#[N+]/C(=C\c1ccc(-c2ccc(-c3sc(-c4ccc(-c5cc(CCCCCCCC)c(-c6ccc(-c7ccc(N(c8ccccc8)c8ccccc8)cc7)s6)s5)c5nsnc45)cc3CCCCCCCC)s2)cc1)C(=O)O. The number of para-hydroxylation sites is 2. The molecule has 0 fully saturated rings. The molecule has 77 heavy (non-hydrogen) atoms. The summed E-state index contributed by atoms with van der Waals surface area (Å²) in [6.07, 6.45) is 18.5. The number of nitrogens with zero attached hydrogens (tertiary/aromatic N) is 4. The quantitative estimate of drug-likeness (QED) is 0.0351. The Kier molecular flexibility index (Phi) is 18.1. The molecule has 1 N–H and O–H groups in total. The first-order chi connectivity index (χ1) is 37.9. The zero-order valence-corrected chi connectivity index (χ0v) is 47.8. The molecular weight excluding hydrogens is 1040 g/mol. The molecule has 5 aromatic heterocycles. The Hall–Kier alpha value is -6.78. The molecule has 0 bridgehead atoms. The molecule has 0 aliphatic carbocycles. The molecular formula is C66H62N4O2S5. The minimum atomic E-state index is -1.22. The van der Waals surface area contributed by atoms with Crippen molar-refractivity contribution in [2.24, 2.45) is 0 Å². The van der Waals surface area contributed by atoms with Crippen molar-refractivity contribution in [2.75, 3.05) is 4.90 Å². The van der Waals surface area contributed by atoms with Crippen LogP contribution in [0.15, 0.2) is 163 Å². The first-order valence-corrected chi connectivity index (χ1v) is 31.0. The maximum atomic E-state index is 11.5. The van der Waals surface area contributed by atoms with Crippen LogP contribution in [0.3, 0.4) is 0 Å². The number of hydrogen-bond donors (Lipinski definition) is 1. The number of aromatic nitrogens is 2. The van der Waals surface area contributed by atoms with Gasteiger partial charge in [-0.25, -0.2) is 4.85 Å². The third kappa shape index (κ3) is 12.8. The standard InChI is InChI=1S/C66H62N4O2S5/c1-4-6-8-10-12-16-22-48-43-60(75-64(48)58-40-38-56(73-58)46-30-28-45(29-31-46)42-55(67-3)66(71)72)53-36-37-54(63-62(53)68-77-69-63)61-44-49(23-17-13-11-9-7-5-2)65(76-61)59-41-39-57(74-59)47-32-34-52(35-33-47)70(50-24-18-14-19-25-50)51-26-20-15-21-27-51/h14-15,18-21,24-44H,4-13,16-17,22-23H2,1-2H3,(H,71,72)/b55-42-. The largest absolute Gasteiger partial charge is 0.486 e. The molecule has 11 heteroatoms. The highest BCUT2D eigenvalue weighted by molar-refractivity contribution is 7.26. The van der Waals surface area contributed by atoms with Crippen LogP contribution in [0.4, 0.5) is 17.1 Å². The number of hydrogen-bond acceptors (Lipinski definition) is 9. The van der Waals surface area contributed by atoms with Crippen LogP contribution in [-0.4, -0.2) is 19.8 Å². The highest BCUT2D eigenvalue weighted by atomic mass is 32.1. The van der Waals surface area contributed by atoms with Gasteiger partial charge >= 0.3 is 5.97 Å². The second-order valence-corrected chi connectivity index (χ2v) is 24.3. The van der Waals surface area contributed by atoms with E-state index in [9.17, 15) is 9.90 Å². The van der Waals surface area contributed by atoms with E-state index in [1.165, 1.54) is 139 Å². The Balaban J connectivity index is 0.947. The second-order valence-electron chi connectivity index (χ2n) is 19.5. The predicted molar refractivity (Wildman–Crippen MR) is 333 cm³/mol. The normalized spacial score (nSPS) is 11.6. The van der Waals surface area contributed by atoms with Gasteiger partial charge in [-0.1, -0.05) is 163 Å². The molecule has 5 heterocycles. The van der Waals surface area contributed by atoms with Crippen molar-refractivity contribution < 1.29 is 9.90 Å². The van der Waals surface area contributed by atoms with Crippen molar-refractivity contribution in [3.8, 4) is 61.3 Å². The Labute approximate surface area is 473 Å². The van der Waals surface area contributed by atoms with Gasteiger partial charge in [0.1, 0.15) is 11.0 Å². The number of unbranched alkanes of at least 4 members (excludes halogenated alkanes) is 10. The summed E-state index contributed by atoms with van der Waals surface area (Å²) in [5, 5.41) is 9.37. The summed E-state index contributed by atoms with van der Waals surface area (Å²) in [5.74, 6) is -1.22. The van der Waals surface area contributed by atoms with E-state index in [0.29, 0.717) is 5.56 Å². The lowest BCUT2D eigenvalue weighted by molar-refractivity contribution is -0.132. The van der Waals surface area contributed by atoms with Gasteiger partial charge in [0.05, 0.1) is 18.3 Å². The summed E-state index contributed by atoms with van der Waals surface area (Å²) < 4.78 is 10.1. The molecule has 10 aromatic rings. The fourth-order valence-electron chi connectivity index (χ4n) is 10.0. The van der Waals surface area contributed by atoms with Crippen LogP contribution in [0, 0.1) is 6.57 Å². The van der Waals surface area contributed by atoms with Crippen LogP contribution in [0.2, 0.25) is 0 Å². The number of carboxylic acid groups (broad SMARTS) is 1. The molecule has 0 aliphatic heterocycles. The van der Waals surface area contributed by atoms with Crippen LogP contribution in [0.1, 0.15) is 108 Å². The van der Waals surface area contributed by atoms with Gasteiger partial charge in [0.2, 0.25) is 0 Å². The molecule has 6 nitrogen and oxygen atoms in total. The minimum Gasteiger partial charge on any atom is -0.486 e. The molecule has 0 unspecified atom stereocenters. The van der Waals surface area contributed by atoms with Gasteiger partial charge in [0.15, 0.2) is 0 Å². The fourth-order valence-corrected chi connectivity index (χ4v) is 15.4. The average Bonchev–Trinajstić information content (AvgIpc) is 4.39. The number of carbonyl (C=O) groups is 1. The average molecular weight is 1100 g/mol. The van der Waals surface area contributed by atoms with E-state index < -0.39 is 5.97 Å². The van der Waals surface area contributed by atoms with E-state index >= 15 is 0 Å². The smallest absolute Gasteiger partial charge is 0.333 e. The van der Waals surface area contributed by atoms with Crippen molar-refractivity contribution in [1.82, 2.24) is 8.75 Å². The van der Waals surface area contributed by atoms with E-state index in [4.69, 9.17) is 15.3 Å². The summed E-state index contributed by atoms with van der Waals surface area (Å²) in [6.45, 7) is 11.8. The highest BCUT2D eigenvalue weighted by Crippen LogP contribution is 2.49. The van der Waals surface area contributed by atoms with E-state index in [1.807, 2.05) is 58.3 Å². The lowest BCUT2D eigenvalue weighted by Crippen LogP contribution is -2.09. The van der Waals surface area contributed by atoms with Crippen molar-refractivity contribution in [3.05, 3.63) is 192 Å². The van der Waals surface area contributed by atoms with Crippen molar-refractivity contribution >= 4 is 97.2 Å². The molecule has 0 saturated carbocycles. The number of anilines is 3. The number of benzene rings is 5. The van der Waals surface area contributed by atoms with Crippen molar-refractivity contribution in [3.63, 3.8) is 0 Å². The molecule has 388 valence electrons. The molecule has 0 aliphatic rings. The number of aliphatic carboxylic acids is 1. The Bertz CT molecular complexity index is 3570. The first kappa shape index (κ1) is 53.6. The van der Waals surface area contributed by atoms with Gasteiger partial charge < -0.3 is 10.0 Å². The molecule has 0 radical (unpaired) electrons. The van der Waals surface area contributed by atoms with E-state index in [0.717, 1.165) is 68.9 Å². The third-order valence-corrected chi connectivity index (χ3v) is 19.7. The van der Waals surface area contributed by atoms with Gasteiger partial charge in [-0.3, -0.25) is 4.79 Å². The maximum absolute atomic E-state index is 11.5. The molecule has 0 spiro atoms. The zero-order valence-electron chi connectivity index (χ0n) is 43.7. The third-order valence-electron chi connectivity index (χ3n) is 14.1. The topological polar surface area (TPSA) is 70.7 Å². The van der Waals surface area contributed by atoms with Gasteiger partial charge in [0, 0.05) is 67.2 Å². The maximum Gasteiger partial charge on any atom is 0.333 e. The van der Waals surface area contributed by atoms with Gasteiger partial charge in [0.25, 0.3) is 5.70 Å². The van der Waals surface area contributed by atoms with Gasteiger partial charge in [-0.05, 0) is 132 Å². The summed E-state index contributed by atoms with van der Waals surface area (Å²) >= 11 is 8.73. The van der Waals surface area contributed by atoms with Crippen LogP contribution < -0.4 is 4.90 Å². The molecule has 5 aromatic carbocycles. The number of carboxylic acids is 1. The second kappa shape index (κ2) is 26.0. The molecule has 0 saturated heterocycles. The summed E-state index contributed by atoms with van der Waals surface area (Å²) in [6, 6.07) is 56.5. The predicted octanol–water partition coefficient (Wildman–Crippen LogP) is 21.6. The summed E-state index contributed by atoms with van der Waals surface area (Å²) in [5.41, 5.74) is 13.1. The lowest BCUT2D eigenvalue weighted by Gasteiger charge is -2.25. The number of aryl methyl sites for hydroxylation is 2. The Morgan fingerprint density at radius 2 is 0.935 bits per heavy atom. The van der Waals surface area contributed by atoms with Crippen LogP contribution in [0.5, 0.6) is 0 Å². The minimum absolute atomic E-state index is 0.297. The van der Waals surface area contributed by atoms with Gasteiger partial charge in [-0.15, -0.1) is 45.3 Å². The van der Waals surface area contributed by atoms with Crippen molar-refractivity contribution in [2.45, 2.75) is 104 Å². The lowest BCUT2D eigenvalue weighted by atomic mass is 10.0. The zero-order chi connectivity index (χ0) is 52.9. The summed E-state index contributed by atoms with van der Waals surface area (Å²) in [4.78, 5) is 27.0. The molecule has 0 atom stereocenters. The van der Waals surface area contributed by atoms with Crippen LogP contribution >= 0.6 is 57.1 Å². The molecule has 10 rings (SSSR count). The van der Waals surface area contributed by atoms with E-state index in [-0.39, 0.29) is 5.70 Å². The monoisotopic (exact) mass is 1100 g/mol. The highest BCUT2D eigenvalue weighted by Gasteiger charge is 2.22. The number of fused-ring (bicyclic) bond motifs is 1. The Morgan fingerprint density at radius 3 is 1.39 bits per heavy atom. The first-order valence-electron chi connectivity index (χ1n) is 27.0. The van der Waals surface area contributed by atoms with Gasteiger partial charge in [-0.2, -0.15) is 8.75 Å². The number of thiophene rings is 4. The van der Waals surface area contributed by atoms with Crippen LogP contribution in [-0.2, 0) is 17.6 Å². The van der Waals surface area contributed by atoms with E-state index in [1.54, 1.807) is 11.3 Å². The van der Waals surface area contributed by atoms with Crippen LogP contribution in [0.25, 0.3) is 83.2 Å². The molecule has 0 amide bonds. The summed E-state index contributed by atoms with van der Waals surface area (Å²) in [7, 11) is 0. The van der Waals surface area contributed by atoms with E-state index in [2.05, 4.69) is 157 Å². The Morgan fingerprint density at radius 1 is 0.506 bits per heavy atom. The fraction of sp³-hybridized carbons (Fsp3) is 0.242. The van der Waals surface area contributed by atoms with Crippen molar-refractivity contribution in [1.29, 1.82) is 0 Å².